The van der Waals surface area contributed by atoms with Crippen LogP contribution in [0.4, 0.5) is 0 Å². The summed E-state index contributed by atoms with van der Waals surface area (Å²) in [5.74, 6) is 0. The number of rotatable bonds is 3. The second-order valence-corrected chi connectivity index (χ2v) is 3.08. The Kier molecular flexibility index (Phi) is 3.55. The van der Waals surface area contributed by atoms with Crippen LogP contribution in [0.5, 0.6) is 0 Å². The van der Waals surface area contributed by atoms with Gasteiger partial charge in [-0.15, -0.1) is 0 Å². The van der Waals surface area contributed by atoms with Crippen LogP contribution in [0.1, 0.15) is 5.56 Å². The van der Waals surface area contributed by atoms with Crippen LogP contribution >= 0.6 is 0 Å². The Hall–Kier alpha value is -1.08. The third kappa shape index (κ3) is 3.35. The highest BCUT2D eigenvalue weighted by molar-refractivity contribution is 5.48. The highest BCUT2D eigenvalue weighted by Gasteiger charge is 1.83. The van der Waals surface area contributed by atoms with Gasteiger partial charge in [-0.2, -0.15) is 0 Å². The fourth-order valence-electron chi connectivity index (χ4n) is 0.964. The SMILES string of the molecule is CN(C)C/C=C\c1ccccc1. The largest absolute Gasteiger partial charge is 0.306 e. The summed E-state index contributed by atoms with van der Waals surface area (Å²) in [6, 6.07) is 10.3. The lowest BCUT2D eigenvalue weighted by molar-refractivity contribution is 0.457. The smallest absolute Gasteiger partial charge is 0.0160 e. The summed E-state index contributed by atoms with van der Waals surface area (Å²) in [4.78, 5) is 2.14. The van der Waals surface area contributed by atoms with E-state index in [0.717, 1.165) is 6.54 Å². The molecular formula is C11H15N. The van der Waals surface area contributed by atoms with Crippen molar-refractivity contribution in [2.75, 3.05) is 20.6 Å². The zero-order valence-corrected chi connectivity index (χ0v) is 7.70. The van der Waals surface area contributed by atoms with Crippen LogP contribution in [0.2, 0.25) is 0 Å². The summed E-state index contributed by atoms with van der Waals surface area (Å²) in [5.41, 5.74) is 1.26. The molecule has 0 saturated carbocycles. The van der Waals surface area contributed by atoms with Crippen molar-refractivity contribution in [3.8, 4) is 0 Å². The van der Waals surface area contributed by atoms with E-state index < -0.39 is 0 Å². The zero-order chi connectivity index (χ0) is 8.81. The second-order valence-electron chi connectivity index (χ2n) is 3.08. The van der Waals surface area contributed by atoms with Gasteiger partial charge in [0.2, 0.25) is 0 Å². The van der Waals surface area contributed by atoms with Gasteiger partial charge in [-0.1, -0.05) is 42.5 Å². The van der Waals surface area contributed by atoms with Crippen LogP contribution in [0, 0.1) is 0 Å². The molecule has 12 heavy (non-hydrogen) atoms. The summed E-state index contributed by atoms with van der Waals surface area (Å²) in [5, 5.41) is 0. The normalized spacial score (nSPS) is 11.2. The van der Waals surface area contributed by atoms with E-state index in [-0.39, 0.29) is 0 Å². The van der Waals surface area contributed by atoms with Gasteiger partial charge in [-0.25, -0.2) is 0 Å². The second kappa shape index (κ2) is 4.73. The van der Waals surface area contributed by atoms with Gasteiger partial charge in [0.25, 0.3) is 0 Å². The molecule has 0 atom stereocenters. The van der Waals surface area contributed by atoms with Gasteiger partial charge in [-0.3, -0.25) is 0 Å². The third-order valence-corrected chi connectivity index (χ3v) is 1.58. The minimum absolute atomic E-state index is 0.995. The van der Waals surface area contributed by atoms with Gasteiger partial charge >= 0.3 is 0 Å². The molecule has 0 amide bonds. The monoisotopic (exact) mass is 161 g/mol. The topological polar surface area (TPSA) is 3.24 Å². The van der Waals surface area contributed by atoms with Crippen LogP contribution in [0.25, 0.3) is 6.08 Å². The maximum atomic E-state index is 2.16. The van der Waals surface area contributed by atoms with E-state index in [1.807, 2.05) is 6.07 Å². The first-order valence-corrected chi connectivity index (χ1v) is 4.15. The van der Waals surface area contributed by atoms with E-state index in [9.17, 15) is 0 Å². The first kappa shape index (κ1) is 9.01. The summed E-state index contributed by atoms with van der Waals surface area (Å²) < 4.78 is 0. The van der Waals surface area contributed by atoms with Gasteiger partial charge in [0, 0.05) is 6.54 Å². The average molecular weight is 161 g/mol. The fraction of sp³-hybridized carbons (Fsp3) is 0.273. The maximum Gasteiger partial charge on any atom is 0.0160 e. The lowest BCUT2D eigenvalue weighted by Gasteiger charge is -2.03. The van der Waals surface area contributed by atoms with Crippen LogP contribution in [-0.2, 0) is 0 Å². The molecule has 0 saturated heterocycles. The molecule has 0 aliphatic heterocycles. The van der Waals surface area contributed by atoms with E-state index in [4.69, 9.17) is 0 Å². The molecule has 1 rings (SSSR count). The Morgan fingerprint density at radius 2 is 1.83 bits per heavy atom. The van der Waals surface area contributed by atoms with Gasteiger partial charge in [0.1, 0.15) is 0 Å². The van der Waals surface area contributed by atoms with Gasteiger partial charge in [0.05, 0.1) is 0 Å². The Balaban J connectivity index is 2.47. The summed E-state index contributed by atoms with van der Waals surface area (Å²) >= 11 is 0. The molecule has 1 aromatic carbocycles. The summed E-state index contributed by atoms with van der Waals surface area (Å²) in [6.07, 6.45) is 4.30. The van der Waals surface area contributed by atoms with Gasteiger partial charge in [-0.05, 0) is 19.7 Å². The third-order valence-electron chi connectivity index (χ3n) is 1.58. The minimum Gasteiger partial charge on any atom is -0.306 e. The summed E-state index contributed by atoms with van der Waals surface area (Å²) in [6.45, 7) is 0.995. The lowest BCUT2D eigenvalue weighted by Crippen LogP contribution is -2.10. The summed E-state index contributed by atoms with van der Waals surface area (Å²) in [7, 11) is 4.13. The van der Waals surface area contributed by atoms with E-state index in [1.54, 1.807) is 0 Å². The standard InChI is InChI=1S/C11H15N/c1-12(2)10-6-9-11-7-4-3-5-8-11/h3-9H,10H2,1-2H3/b9-6-. The van der Waals surface area contributed by atoms with Crippen molar-refractivity contribution in [3.63, 3.8) is 0 Å². The Morgan fingerprint density at radius 3 is 2.42 bits per heavy atom. The van der Waals surface area contributed by atoms with E-state index in [2.05, 4.69) is 55.4 Å². The van der Waals surface area contributed by atoms with Crippen molar-refractivity contribution < 1.29 is 0 Å². The molecule has 0 bridgehead atoms. The molecule has 0 aromatic heterocycles. The first-order valence-electron chi connectivity index (χ1n) is 4.15. The lowest BCUT2D eigenvalue weighted by atomic mass is 10.2. The molecular weight excluding hydrogens is 146 g/mol. The number of hydrogen-bond acceptors (Lipinski definition) is 1. The number of likely N-dealkylation sites (N-methyl/N-ethyl adjacent to an activating group) is 1. The van der Waals surface area contributed by atoms with Gasteiger partial charge < -0.3 is 4.90 Å². The van der Waals surface area contributed by atoms with E-state index in [0.29, 0.717) is 0 Å². The molecule has 0 N–H and O–H groups in total. The van der Waals surface area contributed by atoms with Crippen molar-refractivity contribution in [2.45, 2.75) is 0 Å². The minimum atomic E-state index is 0.995. The molecule has 0 spiro atoms. The predicted octanol–water partition coefficient (Wildman–Crippen LogP) is 2.26. The quantitative estimate of drug-likeness (QED) is 0.657. The molecule has 0 aliphatic rings. The van der Waals surface area contributed by atoms with Crippen molar-refractivity contribution >= 4 is 6.08 Å². The van der Waals surface area contributed by atoms with Crippen molar-refractivity contribution in [3.05, 3.63) is 42.0 Å². The Bertz CT molecular complexity index is 236. The molecule has 1 nitrogen and oxygen atoms in total. The van der Waals surface area contributed by atoms with E-state index >= 15 is 0 Å². The molecule has 0 heterocycles. The number of nitrogens with zero attached hydrogens (tertiary/aromatic N) is 1. The molecule has 0 aliphatic carbocycles. The van der Waals surface area contributed by atoms with Crippen LogP contribution < -0.4 is 0 Å². The van der Waals surface area contributed by atoms with Gasteiger partial charge in [0.15, 0.2) is 0 Å². The average Bonchev–Trinajstić information content (AvgIpc) is 2.05. The Morgan fingerprint density at radius 1 is 1.17 bits per heavy atom. The number of hydrogen-bond donors (Lipinski definition) is 0. The van der Waals surface area contributed by atoms with Crippen molar-refractivity contribution in [2.24, 2.45) is 0 Å². The van der Waals surface area contributed by atoms with E-state index in [1.165, 1.54) is 5.56 Å². The predicted molar refractivity (Wildman–Crippen MR) is 54.0 cm³/mol. The molecule has 0 unspecified atom stereocenters. The van der Waals surface area contributed by atoms with Crippen LogP contribution in [-0.4, -0.2) is 25.5 Å². The highest BCUT2D eigenvalue weighted by Crippen LogP contribution is 2.00. The molecule has 1 heteroatoms. The Labute approximate surface area is 74.3 Å². The highest BCUT2D eigenvalue weighted by atomic mass is 15.0. The molecule has 1 aromatic rings. The molecule has 0 fully saturated rings. The molecule has 0 radical (unpaired) electrons. The molecule has 64 valence electrons. The zero-order valence-electron chi connectivity index (χ0n) is 7.70. The van der Waals surface area contributed by atoms with Crippen molar-refractivity contribution in [1.82, 2.24) is 4.90 Å². The van der Waals surface area contributed by atoms with Crippen LogP contribution in [0.15, 0.2) is 36.4 Å². The maximum absolute atomic E-state index is 2.16. The number of benzene rings is 1. The first-order chi connectivity index (χ1) is 5.79. The van der Waals surface area contributed by atoms with Crippen molar-refractivity contribution in [1.29, 1.82) is 0 Å². The van der Waals surface area contributed by atoms with Crippen LogP contribution in [0.3, 0.4) is 0 Å². The fourth-order valence-corrected chi connectivity index (χ4v) is 0.964.